The van der Waals surface area contributed by atoms with Gasteiger partial charge in [-0.25, -0.2) is 4.98 Å². The van der Waals surface area contributed by atoms with Crippen LogP contribution >= 0.6 is 0 Å². The molecule has 0 spiro atoms. The second kappa shape index (κ2) is 6.93. The molecule has 0 N–H and O–H groups in total. The summed E-state index contributed by atoms with van der Waals surface area (Å²) in [5.41, 5.74) is 0.728. The molecular weight excluding hydrogens is 297 g/mol. The van der Waals surface area contributed by atoms with Crippen LogP contribution in [0.3, 0.4) is 0 Å². The molecule has 1 unspecified atom stereocenters. The maximum Gasteiger partial charge on any atom is 0.406 e. The zero-order valence-corrected chi connectivity index (χ0v) is 12.2. The maximum atomic E-state index is 12.5. The molecular formula is C14H19F3N4O. The highest BCUT2D eigenvalue weighted by molar-refractivity contribution is 5.07. The molecule has 2 heterocycles. The highest BCUT2D eigenvalue weighted by atomic mass is 19.4. The summed E-state index contributed by atoms with van der Waals surface area (Å²) in [6.45, 7) is 4.50. The van der Waals surface area contributed by atoms with Crippen molar-refractivity contribution in [3.63, 3.8) is 0 Å². The van der Waals surface area contributed by atoms with Gasteiger partial charge >= 0.3 is 6.18 Å². The van der Waals surface area contributed by atoms with Crippen LogP contribution in [0.5, 0.6) is 0 Å². The van der Waals surface area contributed by atoms with Crippen LogP contribution < -0.4 is 0 Å². The second-order valence-electron chi connectivity index (χ2n) is 5.47. The summed E-state index contributed by atoms with van der Waals surface area (Å²) >= 11 is 0. The lowest BCUT2D eigenvalue weighted by molar-refractivity contribution is -0.141. The van der Waals surface area contributed by atoms with Crippen LogP contribution in [0.25, 0.3) is 0 Å². The molecule has 1 saturated heterocycles. The van der Waals surface area contributed by atoms with Gasteiger partial charge in [-0.15, -0.1) is 0 Å². The van der Waals surface area contributed by atoms with Crippen molar-refractivity contribution in [2.24, 2.45) is 5.18 Å². The Morgan fingerprint density at radius 1 is 1.36 bits per heavy atom. The van der Waals surface area contributed by atoms with Crippen LogP contribution in [0.4, 0.5) is 13.2 Å². The third-order valence-corrected chi connectivity index (χ3v) is 3.75. The molecule has 5 nitrogen and oxygen atoms in total. The molecule has 122 valence electrons. The van der Waals surface area contributed by atoms with Gasteiger partial charge in [-0.2, -0.15) is 18.1 Å². The van der Waals surface area contributed by atoms with Crippen LogP contribution in [0, 0.1) is 4.91 Å². The van der Waals surface area contributed by atoms with Gasteiger partial charge in [-0.1, -0.05) is 11.8 Å². The molecule has 22 heavy (non-hydrogen) atoms. The summed E-state index contributed by atoms with van der Waals surface area (Å²) in [6, 6.07) is -0.952. The lowest BCUT2D eigenvalue weighted by atomic mass is 10.1. The minimum absolute atomic E-state index is 0.0329. The van der Waals surface area contributed by atoms with Crippen molar-refractivity contribution in [1.82, 2.24) is 14.5 Å². The lowest BCUT2D eigenvalue weighted by Gasteiger charge is -2.31. The summed E-state index contributed by atoms with van der Waals surface area (Å²) in [6.07, 6.45) is 1.57. The first kappa shape index (κ1) is 16.5. The molecule has 2 rings (SSSR count). The predicted molar refractivity (Wildman–Crippen MR) is 76.0 cm³/mol. The van der Waals surface area contributed by atoms with Crippen molar-refractivity contribution in [3.8, 4) is 0 Å². The van der Waals surface area contributed by atoms with E-state index in [1.807, 2.05) is 0 Å². The minimum Gasteiger partial charge on any atom is -0.375 e. The topological polar surface area (TPSA) is 50.5 Å². The summed E-state index contributed by atoms with van der Waals surface area (Å²) < 4.78 is 38.5. The van der Waals surface area contributed by atoms with Crippen molar-refractivity contribution in [1.29, 1.82) is 0 Å². The molecule has 1 aromatic rings. The number of halogens is 3. The molecule has 1 aliphatic rings. The smallest absolute Gasteiger partial charge is 0.375 e. The molecule has 8 heteroatoms. The van der Waals surface area contributed by atoms with E-state index in [-0.39, 0.29) is 12.2 Å². The Morgan fingerprint density at radius 2 is 2.05 bits per heavy atom. The van der Waals surface area contributed by atoms with Gasteiger partial charge in [0.1, 0.15) is 12.4 Å². The lowest BCUT2D eigenvalue weighted by Crippen LogP contribution is -2.29. The van der Waals surface area contributed by atoms with E-state index in [9.17, 15) is 18.1 Å². The third kappa shape index (κ3) is 4.32. The molecule has 0 saturated carbocycles. The zero-order valence-electron chi connectivity index (χ0n) is 12.2. The Hall–Kier alpha value is -1.86. The number of imidazole rings is 1. The van der Waals surface area contributed by atoms with Crippen molar-refractivity contribution in [2.75, 3.05) is 13.1 Å². The van der Waals surface area contributed by atoms with E-state index in [0.717, 1.165) is 42.6 Å². The molecule has 0 bridgehead atoms. The van der Waals surface area contributed by atoms with E-state index in [1.165, 1.54) is 12.4 Å². The monoisotopic (exact) mass is 316 g/mol. The highest BCUT2D eigenvalue weighted by Crippen LogP contribution is 2.28. The minimum atomic E-state index is -4.37. The molecule has 0 aromatic carbocycles. The van der Waals surface area contributed by atoms with Gasteiger partial charge in [-0.3, -0.25) is 0 Å². The Labute approximate surface area is 126 Å². The summed E-state index contributed by atoms with van der Waals surface area (Å²) in [5.74, 6) is 0.0329. The number of alkyl halides is 3. The SMILES string of the molecule is C=C(CC(N=O)c1nccn1CC(F)(F)F)N1CCCCC1. The van der Waals surface area contributed by atoms with Gasteiger partial charge in [-0.05, 0) is 19.3 Å². The number of nitrogens with zero attached hydrogens (tertiary/aromatic N) is 4. The third-order valence-electron chi connectivity index (χ3n) is 3.75. The number of piperidine rings is 1. The zero-order chi connectivity index (χ0) is 16.2. The fourth-order valence-electron chi connectivity index (χ4n) is 2.68. The number of likely N-dealkylation sites (tertiary alicyclic amines) is 1. The molecule has 1 atom stereocenters. The number of hydrogen-bond donors (Lipinski definition) is 0. The van der Waals surface area contributed by atoms with Gasteiger partial charge in [0.2, 0.25) is 0 Å². The standard InChI is InChI=1S/C14H19F3N4O/c1-11(20-6-3-2-4-7-20)9-12(19-22)13-18-5-8-21(13)10-14(15,16)17/h5,8,12H,1-4,6-7,9-10H2. The van der Waals surface area contributed by atoms with Crippen LogP contribution in [0.15, 0.2) is 29.8 Å². The van der Waals surface area contributed by atoms with E-state index in [1.54, 1.807) is 0 Å². The average molecular weight is 316 g/mol. The van der Waals surface area contributed by atoms with Gasteiger partial charge in [0.25, 0.3) is 0 Å². The van der Waals surface area contributed by atoms with E-state index < -0.39 is 18.8 Å². The quantitative estimate of drug-likeness (QED) is 0.753. The molecule has 1 aliphatic heterocycles. The highest BCUT2D eigenvalue weighted by Gasteiger charge is 2.31. The van der Waals surface area contributed by atoms with Gasteiger partial charge in [0, 0.05) is 37.6 Å². The maximum absolute atomic E-state index is 12.5. The number of rotatable bonds is 6. The summed E-state index contributed by atoms with van der Waals surface area (Å²) in [5, 5.41) is 2.97. The van der Waals surface area contributed by atoms with E-state index in [4.69, 9.17) is 0 Å². The largest absolute Gasteiger partial charge is 0.406 e. The first-order chi connectivity index (χ1) is 10.4. The van der Waals surface area contributed by atoms with Crippen molar-refractivity contribution < 1.29 is 13.2 Å². The van der Waals surface area contributed by atoms with Crippen molar-refractivity contribution in [2.45, 2.75) is 44.4 Å². The molecule has 0 radical (unpaired) electrons. The second-order valence-corrected chi connectivity index (χ2v) is 5.47. The summed E-state index contributed by atoms with van der Waals surface area (Å²) in [7, 11) is 0. The van der Waals surface area contributed by atoms with Crippen molar-refractivity contribution in [3.05, 3.63) is 35.4 Å². The predicted octanol–water partition coefficient (Wildman–Crippen LogP) is 3.64. The molecule has 1 aromatic heterocycles. The molecule has 0 aliphatic carbocycles. The summed E-state index contributed by atoms with van der Waals surface area (Å²) in [4.78, 5) is 17.0. The van der Waals surface area contributed by atoms with Crippen molar-refractivity contribution >= 4 is 0 Å². The molecule has 1 fully saturated rings. The molecule has 0 amide bonds. The Morgan fingerprint density at radius 3 is 2.64 bits per heavy atom. The number of aromatic nitrogens is 2. The van der Waals surface area contributed by atoms with E-state index >= 15 is 0 Å². The van der Waals surface area contributed by atoms with E-state index in [0.29, 0.717) is 0 Å². The van der Waals surface area contributed by atoms with E-state index in [2.05, 4.69) is 21.6 Å². The number of hydrogen-bond acceptors (Lipinski definition) is 4. The average Bonchev–Trinajstić information content (AvgIpc) is 2.91. The van der Waals surface area contributed by atoms with Crippen LogP contribution in [-0.2, 0) is 6.54 Å². The fourth-order valence-corrected chi connectivity index (χ4v) is 2.68. The normalized spacial score (nSPS) is 17.3. The Bertz CT molecular complexity index is 520. The van der Waals surface area contributed by atoms with Crippen LogP contribution in [-0.4, -0.2) is 33.7 Å². The first-order valence-electron chi connectivity index (χ1n) is 7.23. The number of nitroso groups, excluding NO2 is 1. The Kier molecular flexibility index (Phi) is 5.20. The van der Waals surface area contributed by atoms with Gasteiger partial charge in [0.05, 0.1) is 0 Å². The van der Waals surface area contributed by atoms with Gasteiger partial charge in [0.15, 0.2) is 6.04 Å². The first-order valence-corrected chi connectivity index (χ1v) is 7.23. The Balaban J connectivity index is 2.06. The van der Waals surface area contributed by atoms with Crippen LogP contribution in [0.2, 0.25) is 0 Å². The van der Waals surface area contributed by atoms with Gasteiger partial charge < -0.3 is 9.47 Å². The fraction of sp³-hybridized carbons (Fsp3) is 0.643. The van der Waals surface area contributed by atoms with Crippen LogP contribution in [0.1, 0.15) is 37.5 Å².